The van der Waals surface area contributed by atoms with Gasteiger partial charge in [-0.25, -0.2) is 14.0 Å². The summed E-state index contributed by atoms with van der Waals surface area (Å²) in [7, 11) is 0. The Morgan fingerprint density at radius 1 is 1.11 bits per heavy atom. The largest absolute Gasteiger partial charge is 0.444 e. The molecule has 1 aliphatic heterocycles. The Labute approximate surface area is 213 Å². The van der Waals surface area contributed by atoms with Crippen molar-refractivity contribution >= 4 is 22.9 Å². The summed E-state index contributed by atoms with van der Waals surface area (Å²) in [4.78, 5) is 56.1. The van der Waals surface area contributed by atoms with Gasteiger partial charge >= 0.3 is 11.8 Å². The molecule has 37 heavy (non-hydrogen) atoms. The number of piperazine rings is 1. The van der Waals surface area contributed by atoms with Crippen molar-refractivity contribution in [2.45, 2.75) is 52.3 Å². The summed E-state index contributed by atoms with van der Waals surface area (Å²) >= 11 is 0. The maximum absolute atomic E-state index is 14.8. The second kappa shape index (κ2) is 10.2. The van der Waals surface area contributed by atoms with Crippen molar-refractivity contribution in [3.8, 4) is 0 Å². The maximum atomic E-state index is 14.8. The molecule has 0 spiro atoms. The van der Waals surface area contributed by atoms with Gasteiger partial charge in [-0.2, -0.15) is 0 Å². The molecule has 2 amide bonds. The quantitative estimate of drug-likeness (QED) is 0.580. The molecule has 1 atom stereocenters. The Kier molecular flexibility index (Phi) is 7.20. The van der Waals surface area contributed by atoms with Crippen molar-refractivity contribution in [3.63, 3.8) is 0 Å². The molecular formula is C27H31FN4O5. The van der Waals surface area contributed by atoms with Gasteiger partial charge in [0.05, 0.1) is 29.1 Å². The standard InChI is InChI=1S/C27H31FN4O5/c1-5-18-16-30(12-13-31(18)26(36)37-27(2,3)4)24(34)20-14-17(10-11-21(20)28)15-32-22-9-7-6-8-19(22)23(33)29-25(32)35/h6-11,14,18H,5,12-13,15-16H2,1-4H3,(H,29,33,35)/t18-/m0/s1. The zero-order valence-electron chi connectivity index (χ0n) is 21.4. The molecule has 10 heteroatoms. The van der Waals surface area contributed by atoms with Crippen molar-refractivity contribution in [1.82, 2.24) is 19.4 Å². The van der Waals surface area contributed by atoms with E-state index < -0.39 is 34.7 Å². The van der Waals surface area contributed by atoms with E-state index in [1.54, 1.807) is 54.8 Å². The number of hydrogen-bond acceptors (Lipinski definition) is 5. The van der Waals surface area contributed by atoms with Gasteiger partial charge in [-0.1, -0.05) is 25.1 Å². The third-order valence-corrected chi connectivity index (χ3v) is 6.38. The normalized spacial score (nSPS) is 16.2. The number of H-pyrrole nitrogens is 1. The van der Waals surface area contributed by atoms with E-state index in [-0.39, 0.29) is 37.8 Å². The van der Waals surface area contributed by atoms with Crippen LogP contribution in [-0.4, -0.2) is 62.6 Å². The lowest BCUT2D eigenvalue weighted by molar-refractivity contribution is -0.00128. The third kappa shape index (κ3) is 5.58. The molecule has 0 saturated carbocycles. The number of rotatable bonds is 4. The van der Waals surface area contributed by atoms with Crippen LogP contribution in [0.1, 0.15) is 50.0 Å². The van der Waals surface area contributed by atoms with E-state index in [4.69, 9.17) is 4.74 Å². The lowest BCUT2D eigenvalue weighted by atomic mass is 10.1. The van der Waals surface area contributed by atoms with Gasteiger partial charge in [0.25, 0.3) is 11.5 Å². The van der Waals surface area contributed by atoms with E-state index in [1.165, 1.54) is 22.8 Å². The first-order chi connectivity index (χ1) is 17.5. The molecule has 3 aromatic rings. The van der Waals surface area contributed by atoms with Gasteiger partial charge in [0, 0.05) is 19.6 Å². The minimum atomic E-state index is -0.671. The van der Waals surface area contributed by atoms with Crippen molar-refractivity contribution in [1.29, 1.82) is 0 Å². The number of para-hydroxylation sites is 1. The molecule has 0 unspecified atom stereocenters. The number of nitrogens with one attached hydrogen (secondary N) is 1. The van der Waals surface area contributed by atoms with Crippen LogP contribution in [-0.2, 0) is 11.3 Å². The molecule has 1 aliphatic rings. The van der Waals surface area contributed by atoms with Crippen LogP contribution in [0.25, 0.3) is 10.9 Å². The summed E-state index contributed by atoms with van der Waals surface area (Å²) in [6, 6.07) is 10.6. The summed E-state index contributed by atoms with van der Waals surface area (Å²) in [6.07, 6.45) is 0.173. The maximum Gasteiger partial charge on any atom is 0.410 e. The lowest BCUT2D eigenvalue weighted by Crippen LogP contribution is -2.57. The number of carbonyl (C=O) groups is 2. The minimum absolute atomic E-state index is 0.0424. The van der Waals surface area contributed by atoms with Gasteiger partial charge in [0.2, 0.25) is 0 Å². The zero-order chi connectivity index (χ0) is 26.9. The summed E-state index contributed by atoms with van der Waals surface area (Å²) in [5, 5.41) is 0.356. The number of aromatic amines is 1. The van der Waals surface area contributed by atoms with Crippen LogP contribution in [0.4, 0.5) is 9.18 Å². The number of aromatic nitrogens is 2. The average molecular weight is 511 g/mol. The fraction of sp³-hybridized carbons (Fsp3) is 0.407. The number of ether oxygens (including phenoxy) is 1. The monoisotopic (exact) mass is 510 g/mol. The van der Waals surface area contributed by atoms with Crippen LogP contribution in [0.5, 0.6) is 0 Å². The predicted molar refractivity (Wildman–Crippen MR) is 137 cm³/mol. The number of fused-ring (bicyclic) bond motifs is 1. The van der Waals surface area contributed by atoms with Crippen molar-refractivity contribution in [2.75, 3.05) is 19.6 Å². The summed E-state index contributed by atoms with van der Waals surface area (Å²) < 4.78 is 21.7. The molecule has 9 nitrogen and oxygen atoms in total. The highest BCUT2D eigenvalue weighted by Crippen LogP contribution is 2.21. The van der Waals surface area contributed by atoms with Gasteiger partial charge in [-0.05, 0) is 57.0 Å². The average Bonchev–Trinajstić information content (AvgIpc) is 2.85. The molecule has 2 aromatic carbocycles. The molecule has 4 rings (SSSR count). The van der Waals surface area contributed by atoms with Gasteiger partial charge in [-0.15, -0.1) is 0 Å². The second-order valence-electron chi connectivity index (χ2n) is 10.2. The predicted octanol–water partition coefficient (Wildman–Crippen LogP) is 3.35. The highest BCUT2D eigenvalue weighted by molar-refractivity contribution is 5.95. The van der Waals surface area contributed by atoms with Gasteiger partial charge in [0.15, 0.2) is 0 Å². The molecule has 1 N–H and O–H groups in total. The number of halogens is 1. The molecule has 196 valence electrons. The van der Waals surface area contributed by atoms with E-state index in [0.717, 1.165) is 0 Å². The van der Waals surface area contributed by atoms with Gasteiger partial charge in [0.1, 0.15) is 11.4 Å². The second-order valence-corrected chi connectivity index (χ2v) is 10.2. The molecular weight excluding hydrogens is 479 g/mol. The molecule has 0 radical (unpaired) electrons. The van der Waals surface area contributed by atoms with E-state index in [9.17, 15) is 23.6 Å². The Morgan fingerprint density at radius 2 is 1.84 bits per heavy atom. The Morgan fingerprint density at radius 3 is 2.54 bits per heavy atom. The molecule has 1 fully saturated rings. The van der Waals surface area contributed by atoms with E-state index >= 15 is 0 Å². The molecule has 0 aliphatic carbocycles. The van der Waals surface area contributed by atoms with Crippen LogP contribution in [0.2, 0.25) is 0 Å². The Bertz CT molecular complexity index is 1460. The number of nitrogens with zero attached hydrogens (tertiary/aromatic N) is 3. The number of amides is 2. The highest BCUT2D eigenvalue weighted by Gasteiger charge is 2.34. The first kappa shape index (κ1) is 26.1. The fourth-order valence-electron chi connectivity index (χ4n) is 4.54. The Hall–Kier alpha value is -3.95. The van der Waals surface area contributed by atoms with E-state index in [0.29, 0.717) is 22.9 Å². The van der Waals surface area contributed by atoms with E-state index in [1.807, 2.05) is 6.92 Å². The third-order valence-electron chi connectivity index (χ3n) is 6.38. The summed E-state index contributed by atoms with van der Waals surface area (Å²) in [5.41, 5.74) is -0.848. The van der Waals surface area contributed by atoms with Gasteiger partial charge in [-0.3, -0.25) is 19.1 Å². The van der Waals surface area contributed by atoms with Crippen LogP contribution < -0.4 is 11.2 Å². The highest BCUT2D eigenvalue weighted by atomic mass is 19.1. The van der Waals surface area contributed by atoms with Crippen LogP contribution in [0.3, 0.4) is 0 Å². The fourth-order valence-corrected chi connectivity index (χ4v) is 4.54. The lowest BCUT2D eigenvalue weighted by Gasteiger charge is -2.41. The summed E-state index contributed by atoms with van der Waals surface area (Å²) in [5.74, 6) is -1.16. The molecule has 2 heterocycles. The molecule has 1 saturated heterocycles. The zero-order valence-corrected chi connectivity index (χ0v) is 21.4. The van der Waals surface area contributed by atoms with E-state index in [2.05, 4.69) is 4.98 Å². The van der Waals surface area contributed by atoms with Crippen molar-refractivity contribution in [2.24, 2.45) is 0 Å². The van der Waals surface area contributed by atoms with Crippen molar-refractivity contribution in [3.05, 3.63) is 80.2 Å². The van der Waals surface area contributed by atoms with Crippen LogP contribution in [0, 0.1) is 5.82 Å². The van der Waals surface area contributed by atoms with Crippen LogP contribution in [0.15, 0.2) is 52.1 Å². The first-order valence-electron chi connectivity index (χ1n) is 12.3. The smallest absolute Gasteiger partial charge is 0.410 e. The molecule has 1 aromatic heterocycles. The topological polar surface area (TPSA) is 105 Å². The number of hydrogen-bond donors (Lipinski definition) is 1. The van der Waals surface area contributed by atoms with Gasteiger partial charge < -0.3 is 14.5 Å². The van der Waals surface area contributed by atoms with Crippen LogP contribution >= 0.6 is 0 Å². The first-order valence-corrected chi connectivity index (χ1v) is 12.3. The van der Waals surface area contributed by atoms with Crippen molar-refractivity contribution < 1.29 is 18.7 Å². The minimum Gasteiger partial charge on any atom is -0.444 e. The molecule has 0 bridgehead atoms. The number of carbonyl (C=O) groups excluding carboxylic acids is 2. The SMILES string of the molecule is CC[C@H]1CN(C(=O)c2cc(Cn3c(=O)[nH]c(=O)c4ccccc43)ccc2F)CCN1C(=O)OC(C)(C)C. The summed E-state index contributed by atoms with van der Waals surface area (Å²) in [6.45, 7) is 8.12. The number of benzene rings is 2. The Balaban J connectivity index is 1.57.